The van der Waals surface area contributed by atoms with Crippen LogP contribution < -0.4 is 20.3 Å². The zero-order valence-electron chi connectivity index (χ0n) is 25.2. The van der Waals surface area contributed by atoms with Crippen LogP contribution in [0, 0.1) is 0 Å². The fourth-order valence-corrected chi connectivity index (χ4v) is 4.26. The van der Waals surface area contributed by atoms with Gasteiger partial charge in [0, 0.05) is 65.7 Å². The molecule has 0 aliphatic heterocycles. The number of rotatable bonds is 11. The highest BCUT2D eigenvalue weighted by atomic mass is 16.5. The molecule has 4 aromatic rings. The van der Waals surface area contributed by atoms with Crippen molar-refractivity contribution in [2.75, 3.05) is 56.8 Å². The highest BCUT2D eigenvalue weighted by Gasteiger charge is 2.17. The van der Waals surface area contributed by atoms with Gasteiger partial charge < -0.3 is 29.7 Å². The number of benzene rings is 2. The van der Waals surface area contributed by atoms with Crippen molar-refractivity contribution in [3.63, 3.8) is 0 Å². The van der Waals surface area contributed by atoms with E-state index < -0.39 is 6.98 Å². The van der Waals surface area contributed by atoms with Gasteiger partial charge in [-0.05, 0) is 45.2 Å². The van der Waals surface area contributed by atoms with Crippen LogP contribution in [0.2, 0.25) is 0 Å². The SMILES string of the molecule is [2H]C([2H])([2H])N(C)CCN(C)c1cc(OC)c(Nc2nccc(-c3cn(CC)c4ccccc34)n2)cc1NC(=O)C=C. The molecule has 0 fully saturated rings. The average molecular weight is 517 g/mol. The third-order valence-corrected chi connectivity index (χ3v) is 6.25. The lowest BCUT2D eigenvalue weighted by Gasteiger charge is -2.26. The second-order valence-corrected chi connectivity index (χ2v) is 8.84. The summed E-state index contributed by atoms with van der Waals surface area (Å²) in [5.41, 5.74) is 4.56. The summed E-state index contributed by atoms with van der Waals surface area (Å²) in [6, 6.07) is 13.6. The van der Waals surface area contributed by atoms with Crippen molar-refractivity contribution in [2.45, 2.75) is 13.5 Å². The molecule has 0 saturated carbocycles. The van der Waals surface area contributed by atoms with Gasteiger partial charge in [-0.25, -0.2) is 9.97 Å². The molecule has 2 aromatic carbocycles. The number of likely N-dealkylation sites (N-methyl/N-ethyl adjacent to an activating group) is 2. The highest BCUT2D eigenvalue weighted by Crippen LogP contribution is 2.38. The third-order valence-electron chi connectivity index (χ3n) is 6.25. The first kappa shape index (κ1) is 22.8. The number of ether oxygens (including phenoxy) is 1. The molecular formula is C29H35N7O2. The normalized spacial score (nSPS) is 12.5. The summed E-state index contributed by atoms with van der Waals surface area (Å²) in [5, 5.41) is 7.18. The van der Waals surface area contributed by atoms with E-state index in [2.05, 4.69) is 52.0 Å². The van der Waals surface area contributed by atoms with E-state index in [4.69, 9.17) is 13.8 Å². The number of para-hydroxylation sites is 1. The van der Waals surface area contributed by atoms with Gasteiger partial charge in [-0.1, -0.05) is 24.8 Å². The summed E-state index contributed by atoms with van der Waals surface area (Å²) >= 11 is 0. The number of aromatic nitrogens is 3. The van der Waals surface area contributed by atoms with Gasteiger partial charge in [0.25, 0.3) is 0 Å². The van der Waals surface area contributed by atoms with E-state index in [1.807, 2.05) is 30.1 Å². The van der Waals surface area contributed by atoms with Crippen LogP contribution in [0.3, 0.4) is 0 Å². The summed E-state index contributed by atoms with van der Waals surface area (Å²) in [6.07, 6.45) is 4.97. The number of nitrogens with zero attached hydrogens (tertiary/aromatic N) is 5. The van der Waals surface area contributed by atoms with Crippen molar-refractivity contribution < 1.29 is 13.6 Å². The van der Waals surface area contributed by atoms with Crippen molar-refractivity contribution in [2.24, 2.45) is 0 Å². The molecule has 0 bridgehead atoms. The molecular weight excluding hydrogens is 478 g/mol. The number of aryl methyl sites for hydroxylation is 1. The van der Waals surface area contributed by atoms with Gasteiger partial charge in [-0.3, -0.25) is 4.79 Å². The first-order chi connectivity index (χ1) is 19.5. The number of nitrogens with one attached hydrogen (secondary N) is 2. The van der Waals surface area contributed by atoms with Crippen molar-refractivity contribution in [3.8, 4) is 17.0 Å². The van der Waals surface area contributed by atoms with Gasteiger partial charge >= 0.3 is 0 Å². The van der Waals surface area contributed by atoms with Gasteiger partial charge in [0.2, 0.25) is 11.9 Å². The highest BCUT2D eigenvalue weighted by molar-refractivity contribution is 6.02. The Labute approximate surface area is 228 Å². The summed E-state index contributed by atoms with van der Waals surface area (Å²) in [4.78, 5) is 24.7. The average Bonchev–Trinajstić information content (AvgIpc) is 3.34. The largest absolute Gasteiger partial charge is 0.494 e. The van der Waals surface area contributed by atoms with E-state index in [1.54, 1.807) is 32.5 Å². The molecule has 0 aliphatic rings. The van der Waals surface area contributed by atoms with E-state index in [-0.39, 0.29) is 12.5 Å². The van der Waals surface area contributed by atoms with E-state index in [1.165, 1.54) is 11.0 Å². The molecule has 0 atom stereocenters. The van der Waals surface area contributed by atoms with Crippen LogP contribution in [-0.4, -0.2) is 66.6 Å². The number of amides is 1. The van der Waals surface area contributed by atoms with Crippen LogP contribution in [0.4, 0.5) is 23.0 Å². The van der Waals surface area contributed by atoms with Crippen molar-refractivity contribution in [3.05, 3.63) is 67.5 Å². The van der Waals surface area contributed by atoms with Gasteiger partial charge in [-0.15, -0.1) is 0 Å². The predicted octanol–water partition coefficient (Wildman–Crippen LogP) is 4.99. The number of hydrogen-bond acceptors (Lipinski definition) is 7. The topological polar surface area (TPSA) is 87.6 Å². The van der Waals surface area contributed by atoms with Crippen LogP contribution in [-0.2, 0) is 11.3 Å². The molecule has 1 amide bonds. The lowest BCUT2D eigenvalue weighted by molar-refractivity contribution is -0.111. The molecule has 38 heavy (non-hydrogen) atoms. The Morgan fingerprint density at radius 3 is 2.76 bits per heavy atom. The summed E-state index contributed by atoms with van der Waals surface area (Å²) in [7, 11) is 4.91. The minimum absolute atomic E-state index is 0.277. The monoisotopic (exact) mass is 516 g/mol. The standard InChI is InChI=1S/C29H35N7O2/c1-7-28(37)31-23-17-24(27(38-6)18-26(23)35(5)16-15-34(3)4)33-29-30-14-13-22(32-29)21-19-36(8-2)25-12-10-9-11-20(21)25/h7,9-14,17-19H,1,8,15-16H2,2-6H3,(H,31,37)(H,30,32,33)/i3D3. The number of carbonyl (C=O) groups is 1. The molecule has 198 valence electrons. The van der Waals surface area contributed by atoms with Gasteiger partial charge in [0.1, 0.15) is 5.75 Å². The van der Waals surface area contributed by atoms with Gasteiger partial charge in [-0.2, -0.15) is 0 Å². The first-order valence-electron chi connectivity index (χ1n) is 13.8. The number of fused-ring (bicyclic) bond motifs is 1. The molecule has 9 heteroatoms. The van der Waals surface area contributed by atoms with Gasteiger partial charge in [0.15, 0.2) is 0 Å². The molecule has 2 heterocycles. The lowest BCUT2D eigenvalue weighted by atomic mass is 10.1. The summed E-state index contributed by atoms with van der Waals surface area (Å²) in [5.74, 6) is 0.459. The molecule has 0 unspecified atom stereocenters. The predicted molar refractivity (Wildman–Crippen MR) is 156 cm³/mol. The number of hydrogen-bond donors (Lipinski definition) is 2. The molecule has 2 N–H and O–H groups in total. The Balaban J connectivity index is 1.68. The molecule has 0 saturated heterocycles. The Morgan fingerprint density at radius 2 is 2.03 bits per heavy atom. The smallest absolute Gasteiger partial charge is 0.247 e. The maximum Gasteiger partial charge on any atom is 0.247 e. The van der Waals surface area contributed by atoms with Crippen LogP contribution in [0.5, 0.6) is 5.75 Å². The van der Waals surface area contributed by atoms with E-state index in [0.29, 0.717) is 35.3 Å². The van der Waals surface area contributed by atoms with Crippen molar-refractivity contribution >= 4 is 39.8 Å². The maximum absolute atomic E-state index is 12.3. The molecule has 2 aromatic heterocycles. The second-order valence-electron chi connectivity index (χ2n) is 8.84. The molecule has 9 nitrogen and oxygen atoms in total. The van der Waals surface area contributed by atoms with Gasteiger partial charge in [0.05, 0.1) is 29.9 Å². The summed E-state index contributed by atoms with van der Waals surface area (Å²) < 4.78 is 30.7. The second kappa shape index (κ2) is 11.8. The third kappa shape index (κ3) is 5.78. The number of carbonyl (C=O) groups excluding carboxylic acids is 1. The van der Waals surface area contributed by atoms with E-state index in [0.717, 1.165) is 28.7 Å². The van der Waals surface area contributed by atoms with Crippen molar-refractivity contribution in [1.82, 2.24) is 19.4 Å². The van der Waals surface area contributed by atoms with Crippen molar-refractivity contribution in [1.29, 1.82) is 0 Å². The first-order valence-corrected chi connectivity index (χ1v) is 12.3. The van der Waals surface area contributed by atoms with E-state index >= 15 is 0 Å². The van der Waals surface area contributed by atoms with Crippen LogP contribution in [0.1, 0.15) is 11.0 Å². The minimum Gasteiger partial charge on any atom is -0.494 e. The zero-order valence-corrected chi connectivity index (χ0v) is 22.2. The molecule has 0 aliphatic carbocycles. The van der Waals surface area contributed by atoms with Crippen LogP contribution in [0.15, 0.2) is 67.5 Å². The minimum atomic E-state index is -2.20. The molecule has 0 spiro atoms. The molecule has 4 rings (SSSR count). The fourth-order valence-electron chi connectivity index (χ4n) is 4.26. The quantitative estimate of drug-likeness (QED) is 0.272. The zero-order chi connectivity index (χ0) is 29.7. The molecule has 0 radical (unpaired) electrons. The fraction of sp³-hybridized carbons (Fsp3) is 0.276. The lowest BCUT2D eigenvalue weighted by Crippen LogP contribution is -2.29. The van der Waals surface area contributed by atoms with Crippen LogP contribution >= 0.6 is 0 Å². The van der Waals surface area contributed by atoms with Crippen LogP contribution in [0.25, 0.3) is 22.2 Å². The summed E-state index contributed by atoms with van der Waals surface area (Å²) in [6.45, 7) is 4.95. The Hall–Kier alpha value is -4.37. The Morgan fingerprint density at radius 1 is 1.21 bits per heavy atom. The Kier molecular flexibility index (Phi) is 7.07. The maximum atomic E-state index is 12.3. The number of methoxy groups -OCH3 is 1. The Bertz CT molecular complexity index is 1550. The van der Waals surface area contributed by atoms with E-state index in [9.17, 15) is 4.79 Å². The number of anilines is 4.